The number of hydrogen-bond donors (Lipinski definition) is 3. The number of ketones is 2. The van der Waals surface area contributed by atoms with E-state index in [0.717, 1.165) is 0 Å². The van der Waals surface area contributed by atoms with E-state index in [4.69, 9.17) is 10.8 Å². The minimum atomic E-state index is -1.05. The molecule has 4 N–H and O–H groups in total. The van der Waals surface area contributed by atoms with E-state index in [0.29, 0.717) is 18.5 Å². The Morgan fingerprint density at radius 3 is 2.25 bits per heavy atom. The second kappa shape index (κ2) is 6.17. The van der Waals surface area contributed by atoms with Gasteiger partial charge in [-0.25, -0.2) is 4.79 Å². The van der Waals surface area contributed by atoms with Crippen molar-refractivity contribution >= 4 is 17.5 Å². The fourth-order valence-electron chi connectivity index (χ4n) is 2.44. The van der Waals surface area contributed by atoms with Crippen LogP contribution in [0, 0.1) is 5.41 Å². The van der Waals surface area contributed by atoms with Crippen molar-refractivity contribution in [3.05, 3.63) is 11.3 Å². The number of Topliss-reactive ketones (excluding diaryl/α,β-unsaturated/α-hetero) is 2. The van der Waals surface area contributed by atoms with Gasteiger partial charge in [0.15, 0.2) is 11.6 Å². The number of hydrogen-bond acceptors (Lipinski definition) is 5. The molecule has 0 aromatic carbocycles. The zero-order valence-electron chi connectivity index (χ0n) is 12.2. The zero-order chi connectivity index (χ0) is 15.5. The number of allylic oxidation sites excluding steroid dienone is 2. The first-order valence-electron chi connectivity index (χ1n) is 6.64. The van der Waals surface area contributed by atoms with Crippen LogP contribution in [0.1, 0.15) is 40.0 Å². The van der Waals surface area contributed by atoms with Crippen LogP contribution in [0.2, 0.25) is 0 Å². The van der Waals surface area contributed by atoms with Gasteiger partial charge in [-0.1, -0.05) is 13.8 Å². The first-order valence-corrected chi connectivity index (χ1v) is 6.64. The number of carbonyl (C=O) groups is 3. The number of nitrogens with one attached hydrogen (secondary N) is 1. The van der Waals surface area contributed by atoms with E-state index in [1.807, 2.05) is 13.8 Å². The van der Waals surface area contributed by atoms with Crippen LogP contribution in [-0.2, 0) is 14.4 Å². The van der Waals surface area contributed by atoms with E-state index in [1.54, 1.807) is 6.92 Å². The first-order chi connectivity index (χ1) is 9.18. The van der Waals surface area contributed by atoms with E-state index in [2.05, 4.69) is 5.32 Å². The summed E-state index contributed by atoms with van der Waals surface area (Å²) in [6.07, 6.45) is 0.817. The van der Waals surface area contributed by atoms with Crippen LogP contribution in [0.4, 0.5) is 0 Å². The molecular formula is C14H22N2O4. The Balaban J connectivity index is 2.97. The van der Waals surface area contributed by atoms with Crippen molar-refractivity contribution in [1.29, 1.82) is 0 Å². The highest BCUT2D eigenvalue weighted by molar-refractivity contribution is 6.22. The molecule has 20 heavy (non-hydrogen) atoms. The zero-order valence-corrected chi connectivity index (χ0v) is 12.2. The van der Waals surface area contributed by atoms with Gasteiger partial charge in [0, 0.05) is 18.5 Å². The van der Waals surface area contributed by atoms with Gasteiger partial charge in [0.05, 0.1) is 5.57 Å². The molecule has 1 aliphatic carbocycles. The van der Waals surface area contributed by atoms with Crippen LogP contribution < -0.4 is 11.1 Å². The summed E-state index contributed by atoms with van der Waals surface area (Å²) in [6, 6.07) is -0.886. The smallest absolute Gasteiger partial charge is 0.326 e. The lowest BCUT2D eigenvalue weighted by molar-refractivity contribution is -0.139. The van der Waals surface area contributed by atoms with E-state index in [9.17, 15) is 14.4 Å². The monoisotopic (exact) mass is 282 g/mol. The van der Waals surface area contributed by atoms with Crippen LogP contribution in [0.3, 0.4) is 0 Å². The maximum Gasteiger partial charge on any atom is 0.326 e. The Labute approximate surface area is 118 Å². The number of nitrogens with two attached hydrogens (primary N) is 1. The van der Waals surface area contributed by atoms with E-state index in [-0.39, 0.29) is 35.5 Å². The average molecular weight is 282 g/mol. The van der Waals surface area contributed by atoms with Crippen LogP contribution in [0.5, 0.6) is 0 Å². The van der Waals surface area contributed by atoms with Crippen molar-refractivity contribution < 1.29 is 19.5 Å². The van der Waals surface area contributed by atoms with Gasteiger partial charge in [0.1, 0.15) is 6.04 Å². The summed E-state index contributed by atoms with van der Waals surface area (Å²) in [6.45, 7) is 5.52. The average Bonchev–Trinajstić information content (AvgIpc) is 2.25. The lowest BCUT2D eigenvalue weighted by Crippen LogP contribution is -2.40. The van der Waals surface area contributed by atoms with Crippen molar-refractivity contribution in [1.82, 2.24) is 5.32 Å². The number of aliphatic carboxylic acids is 1. The summed E-state index contributed by atoms with van der Waals surface area (Å²) in [5, 5.41) is 11.8. The summed E-state index contributed by atoms with van der Waals surface area (Å²) >= 11 is 0. The quantitative estimate of drug-likeness (QED) is 0.503. The highest BCUT2D eigenvalue weighted by atomic mass is 16.4. The Kier molecular flexibility index (Phi) is 5.05. The molecule has 0 heterocycles. The van der Waals surface area contributed by atoms with Gasteiger partial charge in [-0.2, -0.15) is 0 Å². The van der Waals surface area contributed by atoms with Gasteiger partial charge < -0.3 is 16.2 Å². The molecule has 1 atom stereocenters. The molecule has 0 aliphatic heterocycles. The minimum Gasteiger partial charge on any atom is -0.480 e. The van der Waals surface area contributed by atoms with Crippen LogP contribution in [-0.4, -0.2) is 35.2 Å². The molecule has 1 saturated carbocycles. The Bertz CT molecular complexity index is 444. The molecule has 0 unspecified atom stereocenters. The molecule has 1 rings (SSSR count). The summed E-state index contributed by atoms with van der Waals surface area (Å²) in [7, 11) is 0. The van der Waals surface area contributed by atoms with Crippen molar-refractivity contribution in [2.75, 3.05) is 6.54 Å². The van der Waals surface area contributed by atoms with Crippen molar-refractivity contribution in [2.45, 2.75) is 46.1 Å². The normalized spacial score (nSPS) is 19.7. The maximum atomic E-state index is 12.1. The largest absolute Gasteiger partial charge is 0.480 e. The van der Waals surface area contributed by atoms with Crippen molar-refractivity contribution in [3.63, 3.8) is 0 Å². The molecule has 0 spiro atoms. The maximum absolute atomic E-state index is 12.1. The van der Waals surface area contributed by atoms with Gasteiger partial charge in [0.25, 0.3) is 0 Å². The van der Waals surface area contributed by atoms with Gasteiger partial charge >= 0.3 is 5.97 Å². The molecular weight excluding hydrogens is 260 g/mol. The third-order valence-electron chi connectivity index (χ3n) is 3.36. The molecule has 1 fully saturated rings. The molecule has 0 aromatic rings. The molecule has 0 aromatic heterocycles. The molecule has 0 amide bonds. The number of carboxylic acid groups (broad SMARTS) is 1. The lowest BCUT2D eigenvalue weighted by Gasteiger charge is -2.30. The third kappa shape index (κ3) is 3.90. The first kappa shape index (κ1) is 16.4. The summed E-state index contributed by atoms with van der Waals surface area (Å²) < 4.78 is 0. The molecule has 0 saturated heterocycles. The van der Waals surface area contributed by atoms with Crippen LogP contribution >= 0.6 is 0 Å². The number of carbonyl (C=O) groups excluding carboxylic acids is 2. The van der Waals surface area contributed by atoms with Crippen LogP contribution in [0.25, 0.3) is 0 Å². The predicted octanol–water partition coefficient (Wildman–Crippen LogP) is 0.610. The van der Waals surface area contributed by atoms with Crippen molar-refractivity contribution in [2.24, 2.45) is 11.1 Å². The number of rotatable bonds is 5. The molecule has 112 valence electrons. The molecule has 1 aliphatic rings. The van der Waals surface area contributed by atoms with Crippen molar-refractivity contribution in [3.8, 4) is 0 Å². The van der Waals surface area contributed by atoms with Crippen LogP contribution in [0.15, 0.2) is 11.3 Å². The summed E-state index contributed by atoms with van der Waals surface area (Å²) in [4.78, 5) is 35.2. The lowest BCUT2D eigenvalue weighted by atomic mass is 9.73. The SMILES string of the molecule is CC(N[C@@H](CCN)C(=O)O)=C1C(=O)CC(C)(C)CC1=O. The number of carboxylic acids is 1. The standard InChI is InChI=1S/C14H22N2O4/c1-8(16-9(4-5-15)13(19)20)12-10(17)6-14(2,3)7-11(12)18/h9,16H,4-7,15H2,1-3H3,(H,19,20)/t9-/m0/s1. The molecule has 0 bridgehead atoms. The minimum absolute atomic E-state index is 0.104. The Hall–Kier alpha value is -1.69. The molecule has 6 heteroatoms. The van der Waals surface area contributed by atoms with Gasteiger partial charge in [-0.15, -0.1) is 0 Å². The van der Waals surface area contributed by atoms with Gasteiger partial charge in [0.2, 0.25) is 0 Å². The Morgan fingerprint density at radius 1 is 1.35 bits per heavy atom. The topological polar surface area (TPSA) is 109 Å². The Morgan fingerprint density at radius 2 is 1.85 bits per heavy atom. The predicted molar refractivity (Wildman–Crippen MR) is 74.0 cm³/mol. The summed E-state index contributed by atoms with van der Waals surface area (Å²) in [5.74, 6) is -1.51. The van der Waals surface area contributed by atoms with E-state index in [1.165, 1.54) is 0 Å². The van der Waals surface area contributed by atoms with Gasteiger partial charge in [-0.3, -0.25) is 9.59 Å². The van der Waals surface area contributed by atoms with E-state index >= 15 is 0 Å². The third-order valence-corrected chi connectivity index (χ3v) is 3.36. The fourth-order valence-corrected chi connectivity index (χ4v) is 2.44. The molecule has 6 nitrogen and oxygen atoms in total. The second-order valence-electron chi connectivity index (χ2n) is 5.98. The molecule has 0 radical (unpaired) electrons. The highest BCUT2D eigenvalue weighted by Gasteiger charge is 2.37. The van der Waals surface area contributed by atoms with Gasteiger partial charge in [-0.05, 0) is 25.3 Å². The highest BCUT2D eigenvalue weighted by Crippen LogP contribution is 2.34. The van der Waals surface area contributed by atoms with E-state index < -0.39 is 12.0 Å². The summed E-state index contributed by atoms with van der Waals surface area (Å²) in [5.41, 5.74) is 5.46. The second-order valence-corrected chi connectivity index (χ2v) is 5.98. The fraction of sp³-hybridized carbons (Fsp3) is 0.643.